The van der Waals surface area contributed by atoms with Crippen molar-refractivity contribution in [2.75, 3.05) is 120 Å². The Morgan fingerprint density at radius 1 is 0.365 bits per heavy atom. The van der Waals surface area contributed by atoms with E-state index in [2.05, 4.69) is 30.2 Å². The van der Waals surface area contributed by atoms with Gasteiger partial charge in [-0.05, 0) is 66.3 Å². The Morgan fingerprint density at radius 2 is 0.762 bits per heavy atom. The summed E-state index contributed by atoms with van der Waals surface area (Å²) >= 11 is 0. The van der Waals surface area contributed by atoms with Gasteiger partial charge in [-0.25, -0.2) is 14.4 Å². The molecule has 15 nitrogen and oxygen atoms in total. The summed E-state index contributed by atoms with van der Waals surface area (Å²) in [5.74, 6) is -1.02. The van der Waals surface area contributed by atoms with Crippen LogP contribution >= 0.6 is 0 Å². The monoisotopic (exact) mass is 888 g/mol. The summed E-state index contributed by atoms with van der Waals surface area (Å²) < 4.78 is 62.6. The molecule has 354 valence electrons. The number of carbonyl (C=O) groups excluding carboxylic acids is 3. The molecule has 3 aromatic rings. The van der Waals surface area contributed by atoms with Crippen molar-refractivity contribution in [1.82, 2.24) is 0 Å². The molecule has 0 saturated heterocycles. The van der Waals surface area contributed by atoms with Crippen molar-refractivity contribution in [3.05, 3.63) is 106 Å². The number of benzene rings is 3. The number of rotatable bonds is 33. The third-order valence-corrected chi connectivity index (χ3v) is 8.22. The van der Waals surface area contributed by atoms with E-state index >= 15 is 0 Å². The molecular formula is C48H72O15. The second-order valence-corrected chi connectivity index (χ2v) is 13.4. The lowest BCUT2D eigenvalue weighted by Gasteiger charge is -2.09. The van der Waals surface area contributed by atoms with Crippen molar-refractivity contribution in [2.45, 2.75) is 59.9 Å². The summed E-state index contributed by atoms with van der Waals surface area (Å²) in [6.07, 6.45) is 3.06. The molecular weight excluding hydrogens is 817 g/mol. The quantitative estimate of drug-likeness (QED) is 0.0340. The summed E-state index contributed by atoms with van der Waals surface area (Å²) in [5, 5.41) is 0. The second-order valence-electron chi connectivity index (χ2n) is 13.4. The third kappa shape index (κ3) is 29.7. The molecule has 15 heteroatoms. The van der Waals surface area contributed by atoms with Crippen LogP contribution in [-0.2, 0) is 76.7 Å². The van der Waals surface area contributed by atoms with E-state index in [1.807, 2.05) is 36.4 Å². The highest BCUT2D eigenvalue weighted by molar-refractivity contribution is 5.91. The van der Waals surface area contributed by atoms with Gasteiger partial charge in [0.05, 0.1) is 137 Å². The van der Waals surface area contributed by atoms with E-state index in [9.17, 15) is 14.4 Å². The van der Waals surface area contributed by atoms with Crippen LogP contribution in [0.1, 0.15) is 87.8 Å². The van der Waals surface area contributed by atoms with Crippen LogP contribution in [0.2, 0.25) is 0 Å². The van der Waals surface area contributed by atoms with Gasteiger partial charge < -0.3 is 56.8 Å². The van der Waals surface area contributed by atoms with Gasteiger partial charge in [0.2, 0.25) is 0 Å². The number of carbonyl (C=O) groups is 3. The highest BCUT2D eigenvalue weighted by Gasteiger charge is 2.11. The molecule has 0 bridgehead atoms. The molecule has 63 heavy (non-hydrogen) atoms. The first-order chi connectivity index (χ1) is 30.8. The van der Waals surface area contributed by atoms with E-state index in [1.54, 1.807) is 36.4 Å². The van der Waals surface area contributed by atoms with E-state index < -0.39 is 0 Å². The molecule has 0 aromatic heterocycles. The lowest BCUT2D eigenvalue weighted by atomic mass is 10.1. The van der Waals surface area contributed by atoms with Gasteiger partial charge in [0, 0.05) is 19.8 Å². The number of esters is 3. The van der Waals surface area contributed by atoms with Crippen LogP contribution in [0.15, 0.2) is 72.8 Å². The Bertz CT molecular complexity index is 1570. The normalized spacial score (nSPS) is 10.6. The Balaban J connectivity index is 0.000000472. The van der Waals surface area contributed by atoms with Crippen LogP contribution in [0.4, 0.5) is 0 Å². The predicted molar refractivity (Wildman–Crippen MR) is 238 cm³/mol. The van der Waals surface area contributed by atoms with Gasteiger partial charge in [0.25, 0.3) is 0 Å². The third-order valence-electron chi connectivity index (χ3n) is 8.22. The first kappa shape index (κ1) is 56.7. The molecule has 0 saturated carbocycles. The smallest absolute Gasteiger partial charge is 0.338 e. The van der Waals surface area contributed by atoms with Crippen molar-refractivity contribution in [3.8, 4) is 0 Å². The number of hydrogen-bond acceptors (Lipinski definition) is 15. The number of ether oxygens (including phenoxy) is 12. The molecule has 0 radical (unpaired) electrons. The summed E-state index contributed by atoms with van der Waals surface area (Å²) in [6.45, 7) is 16.6. The Kier molecular flexibility index (Phi) is 36.5. The van der Waals surface area contributed by atoms with Crippen LogP contribution in [0.25, 0.3) is 0 Å². The van der Waals surface area contributed by atoms with Gasteiger partial charge in [-0.15, -0.1) is 0 Å². The van der Waals surface area contributed by atoms with Gasteiger partial charge in [-0.3, -0.25) is 0 Å². The minimum Gasteiger partial charge on any atom is -0.465 e. The van der Waals surface area contributed by atoms with Crippen LogP contribution < -0.4 is 0 Å². The van der Waals surface area contributed by atoms with E-state index in [1.165, 1.54) is 21.3 Å². The standard InChI is InChI=1S/3C16H24O5/c1-3-8-19-9-10-20-11-12-21-13-14-4-6-15(7-5-14)16(17)18-2;1-3-8-19-9-10-20-11-12-21-13-14-6-4-5-7-15(14)16(17)18-2;1-3-7-19-8-9-20-10-11-21-13-14-5-4-6-15(12-14)16(17)18-2/h2*4-7H,3,8-13H2,1-2H3;4-6,12H,3,7-11,13H2,1-2H3. The number of hydrogen-bond donors (Lipinski definition) is 0. The lowest BCUT2D eigenvalue weighted by molar-refractivity contribution is 0.0105. The fraction of sp³-hybridized carbons (Fsp3) is 0.562. The van der Waals surface area contributed by atoms with Crippen LogP contribution in [0.3, 0.4) is 0 Å². The maximum atomic E-state index is 11.6. The summed E-state index contributed by atoms with van der Waals surface area (Å²) in [7, 11) is 4.11. The van der Waals surface area contributed by atoms with Crippen LogP contribution in [-0.4, -0.2) is 138 Å². The van der Waals surface area contributed by atoms with E-state index in [0.29, 0.717) is 116 Å². The van der Waals surface area contributed by atoms with Crippen molar-refractivity contribution < 1.29 is 71.2 Å². The summed E-state index contributed by atoms with van der Waals surface area (Å²) in [5.41, 5.74) is 4.36. The SMILES string of the molecule is CCCOCCOCCOCc1ccc(C(=O)OC)cc1.CCCOCCOCCOCc1cccc(C(=O)OC)c1.CCCOCCOCCOCc1ccccc1C(=O)OC. The van der Waals surface area contributed by atoms with Crippen molar-refractivity contribution in [2.24, 2.45) is 0 Å². The highest BCUT2D eigenvalue weighted by Crippen LogP contribution is 2.12. The van der Waals surface area contributed by atoms with Gasteiger partial charge >= 0.3 is 17.9 Å². The van der Waals surface area contributed by atoms with Gasteiger partial charge in [-0.2, -0.15) is 0 Å². The van der Waals surface area contributed by atoms with E-state index in [4.69, 9.17) is 47.4 Å². The van der Waals surface area contributed by atoms with Gasteiger partial charge in [-0.1, -0.05) is 63.2 Å². The molecule has 0 fully saturated rings. The Labute approximate surface area is 374 Å². The lowest BCUT2D eigenvalue weighted by Crippen LogP contribution is -2.11. The largest absolute Gasteiger partial charge is 0.465 e. The van der Waals surface area contributed by atoms with Crippen molar-refractivity contribution in [1.29, 1.82) is 0 Å². The average Bonchev–Trinajstić information content (AvgIpc) is 3.32. The molecule has 0 aliphatic heterocycles. The fourth-order valence-electron chi connectivity index (χ4n) is 5.03. The van der Waals surface area contributed by atoms with Gasteiger partial charge in [0.1, 0.15) is 0 Å². The van der Waals surface area contributed by atoms with E-state index in [0.717, 1.165) is 55.8 Å². The zero-order valence-corrected chi connectivity index (χ0v) is 38.4. The first-order valence-electron chi connectivity index (χ1n) is 21.5. The molecule has 0 atom stereocenters. The number of methoxy groups -OCH3 is 3. The average molecular weight is 889 g/mol. The molecule has 0 N–H and O–H groups in total. The molecule has 0 spiro atoms. The zero-order valence-electron chi connectivity index (χ0n) is 38.4. The topological polar surface area (TPSA) is 162 Å². The molecule has 0 aliphatic rings. The van der Waals surface area contributed by atoms with Crippen LogP contribution in [0, 0.1) is 0 Å². The molecule has 3 rings (SSSR count). The minimum atomic E-state index is -0.349. The second kappa shape index (κ2) is 40.5. The van der Waals surface area contributed by atoms with Crippen molar-refractivity contribution in [3.63, 3.8) is 0 Å². The maximum absolute atomic E-state index is 11.6. The van der Waals surface area contributed by atoms with E-state index in [-0.39, 0.29) is 17.9 Å². The zero-order chi connectivity index (χ0) is 46.0. The summed E-state index contributed by atoms with van der Waals surface area (Å²) in [4.78, 5) is 34.2. The first-order valence-corrected chi connectivity index (χ1v) is 21.5. The van der Waals surface area contributed by atoms with Crippen molar-refractivity contribution >= 4 is 17.9 Å². The molecule has 0 amide bonds. The Hall–Kier alpha value is -4.29. The van der Waals surface area contributed by atoms with Crippen LogP contribution in [0.5, 0.6) is 0 Å². The minimum absolute atomic E-state index is 0.332. The predicted octanol–water partition coefficient (Wildman–Crippen LogP) is 7.30. The highest BCUT2D eigenvalue weighted by atomic mass is 16.6. The Morgan fingerprint density at radius 3 is 1.22 bits per heavy atom. The fourth-order valence-corrected chi connectivity index (χ4v) is 5.03. The molecule has 3 aromatic carbocycles. The van der Waals surface area contributed by atoms with Gasteiger partial charge in [0.15, 0.2) is 0 Å². The summed E-state index contributed by atoms with van der Waals surface area (Å²) in [6, 6.07) is 21.6. The maximum Gasteiger partial charge on any atom is 0.338 e. The molecule has 0 aliphatic carbocycles. The molecule has 0 unspecified atom stereocenters. The molecule has 0 heterocycles.